The summed E-state index contributed by atoms with van der Waals surface area (Å²) in [6.07, 6.45) is 3.75. The van der Waals surface area contributed by atoms with Gasteiger partial charge in [0.1, 0.15) is 11.2 Å². The molecule has 266 valence electrons. The molecule has 0 saturated carbocycles. The zero-order valence-corrected chi connectivity index (χ0v) is 30.7. The lowest BCUT2D eigenvalue weighted by Gasteiger charge is -2.13. The van der Waals surface area contributed by atoms with Gasteiger partial charge in [-0.1, -0.05) is 109 Å². The third kappa shape index (κ3) is 4.69. The molecule has 0 unspecified atom stereocenters. The Morgan fingerprint density at radius 1 is 0.368 bits per heavy atom. The Labute approximate surface area is 327 Å². The third-order valence-electron chi connectivity index (χ3n) is 11.4. The average Bonchev–Trinajstić information content (AvgIpc) is 3.95. The summed E-state index contributed by atoms with van der Waals surface area (Å²) in [6, 6.07) is 64.2. The van der Waals surface area contributed by atoms with E-state index >= 15 is 0 Å². The molecule has 57 heavy (non-hydrogen) atoms. The first-order valence-electron chi connectivity index (χ1n) is 19.2. The van der Waals surface area contributed by atoms with Gasteiger partial charge in [0, 0.05) is 56.4 Å². The standard InChI is InChI=1S/C52H32N4O/c1-3-16-33(17-4-1)34-18-15-21-36(30-34)56-46-27-10-8-23-38(46)48-50(56)42(44-25-12-14-29-54-44)32-40-39-31-41(43-24-11-13-28-53-43)49-47(51(39)57-52(40)48)37-22-7-9-26-45(37)55(49)35-19-5-2-6-20-35/h1-32H. The van der Waals surface area contributed by atoms with E-state index in [-0.39, 0.29) is 0 Å². The molecule has 0 radical (unpaired) electrons. The number of pyridine rings is 2. The molecule has 12 rings (SSSR count). The van der Waals surface area contributed by atoms with Crippen molar-refractivity contribution in [2.24, 2.45) is 0 Å². The summed E-state index contributed by atoms with van der Waals surface area (Å²) in [6.45, 7) is 0. The summed E-state index contributed by atoms with van der Waals surface area (Å²) in [7, 11) is 0. The van der Waals surface area contributed by atoms with Crippen molar-refractivity contribution in [1.29, 1.82) is 0 Å². The maximum atomic E-state index is 7.40. The number of nitrogens with zero attached hydrogens (tertiary/aromatic N) is 4. The highest BCUT2D eigenvalue weighted by Gasteiger charge is 2.27. The Balaban J connectivity index is 1.29. The second-order valence-corrected chi connectivity index (χ2v) is 14.5. The Bertz CT molecular complexity index is 3490. The van der Waals surface area contributed by atoms with Crippen molar-refractivity contribution in [2.75, 3.05) is 0 Å². The average molecular weight is 729 g/mol. The molecule has 0 fully saturated rings. The zero-order chi connectivity index (χ0) is 37.5. The number of rotatable bonds is 5. The first kappa shape index (κ1) is 31.6. The maximum Gasteiger partial charge on any atom is 0.145 e. The van der Waals surface area contributed by atoms with E-state index in [0.29, 0.717) is 0 Å². The van der Waals surface area contributed by atoms with Crippen molar-refractivity contribution in [1.82, 2.24) is 19.1 Å². The minimum atomic E-state index is 0.852. The van der Waals surface area contributed by atoms with Crippen LogP contribution in [0, 0.1) is 0 Å². The molecule has 5 heterocycles. The number of hydrogen-bond donors (Lipinski definition) is 0. The van der Waals surface area contributed by atoms with E-state index < -0.39 is 0 Å². The molecule has 7 aromatic carbocycles. The topological polar surface area (TPSA) is 48.8 Å². The van der Waals surface area contributed by atoms with E-state index in [4.69, 9.17) is 14.4 Å². The number of para-hydroxylation sites is 3. The van der Waals surface area contributed by atoms with Gasteiger partial charge in [0.25, 0.3) is 0 Å². The second-order valence-electron chi connectivity index (χ2n) is 14.5. The number of fused-ring (bicyclic) bond motifs is 11. The summed E-state index contributed by atoms with van der Waals surface area (Å²) in [5.41, 5.74) is 14.4. The van der Waals surface area contributed by atoms with Gasteiger partial charge in [-0.2, -0.15) is 0 Å². The molecule has 0 aliphatic heterocycles. The fraction of sp³-hybridized carbons (Fsp3) is 0. The fourth-order valence-electron chi connectivity index (χ4n) is 8.99. The normalized spacial score (nSPS) is 11.9. The Morgan fingerprint density at radius 2 is 0.842 bits per heavy atom. The molecule has 0 amide bonds. The van der Waals surface area contributed by atoms with Crippen molar-refractivity contribution in [2.45, 2.75) is 0 Å². The second kappa shape index (κ2) is 12.4. The number of aromatic nitrogens is 4. The van der Waals surface area contributed by atoms with Crippen LogP contribution in [-0.2, 0) is 0 Å². The van der Waals surface area contributed by atoms with Crippen molar-refractivity contribution in [3.05, 3.63) is 194 Å². The molecule has 0 bridgehead atoms. The quantitative estimate of drug-likeness (QED) is 0.177. The predicted molar refractivity (Wildman–Crippen MR) is 234 cm³/mol. The van der Waals surface area contributed by atoms with Gasteiger partial charge in [-0.05, 0) is 83.9 Å². The van der Waals surface area contributed by atoms with E-state index in [2.05, 4.69) is 179 Å². The van der Waals surface area contributed by atoms with Gasteiger partial charge >= 0.3 is 0 Å². The number of benzene rings is 7. The van der Waals surface area contributed by atoms with E-state index in [9.17, 15) is 0 Å². The summed E-state index contributed by atoms with van der Waals surface area (Å²) >= 11 is 0. The molecule has 0 spiro atoms. The summed E-state index contributed by atoms with van der Waals surface area (Å²) in [5.74, 6) is 0. The highest BCUT2D eigenvalue weighted by Crippen LogP contribution is 2.49. The molecular weight excluding hydrogens is 697 g/mol. The van der Waals surface area contributed by atoms with Crippen LogP contribution in [0.3, 0.4) is 0 Å². The van der Waals surface area contributed by atoms with Gasteiger partial charge in [-0.25, -0.2) is 0 Å². The summed E-state index contributed by atoms with van der Waals surface area (Å²) in [4.78, 5) is 9.92. The Hall–Kier alpha value is -7.76. The van der Waals surface area contributed by atoms with Crippen LogP contribution in [0.15, 0.2) is 199 Å². The van der Waals surface area contributed by atoms with Crippen LogP contribution in [-0.4, -0.2) is 19.1 Å². The molecular formula is C52H32N4O. The van der Waals surface area contributed by atoms with E-state index in [1.807, 2.05) is 24.5 Å². The first-order valence-corrected chi connectivity index (χ1v) is 19.2. The highest BCUT2D eigenvalue weighted by atomic mass is 16.3. The van der Waals surface area contributed by atoms with E-state index in [1.54, 1.807) is 0 Å². The van der Waals surface area contributed by atoms with Gasteiger partial charge in [-0.3, -0.25) is 9.97 Å². The lowest BCUT2D eigenvalue weighted by Crippen LogP contribution is -1.97. The molecule has 0 N–H and O–H groups in total. The maximum absolute atomic E-state index is 7.40. The van der Waals surface area contributed by atoms with Gasteiger partial charge in [0.05, 0.1) is 44.2 Å². The first-order chi connectivity index (χ1) is 28.3. The molecule has 0 saturated heterocycles. The molecule has 0 aliphatic carbocycles. The summed E-state index contributed by atoms with van der Waals surface area (Å²) in [5, 5.41) is 6.44. The largest absolute Gasteiger partial charge is 0.455 e. The van der Waals surface area contributed by atoms with Crippen LogP contribution in [0.25, 0.3) is 111 Å². The minimum absolute atomic E-state index is 0.852. The van der Waals surface area contributed by atoms with Crippen molar-refractivity contribution < 1.29 is 4.42 Å². The van der Waals surface area contributed by atoms with Crippen molar-refractivity contribution in [3.63, 3.8) is 0 Å². The van der Waals surface area contributed by atoms with Crippen LogP contribution < -0.4 is 0 Å². The smallest absolute Gasteiger partial charge is 0.145 e. The molecule has 12 aromatic rings. The lowest BCUT2D eigenvalue weighted by atomic mass is 9.98. The van der Waals surface area contributed by atoms with Gasteiger partial charge < -0.3 is 13.6 Å². The lowest BCUT2D eigenvalue weighted by molar-refractivity contribution is 0.677. The molecule has 5 heteroatoms. The molecule has 0 aliphatic rings. The minimum Gasteiger partial charge on any atom is -0.455 e. The Morgan fingerprint density at radius 3 is 1.40 bits per heavy atom. The summed E-state index contributed by atoms with van der Waals surface area (Å²) < 4.78 is 12.2. The van der Waals surface area contributed by atoms with Crippen LogP contribution in [0.1, 0.15) is 0 Å². The predicted octanol–water partition coefficient (Wildman–Crippen LogP) is 13.6. The molecule has 5 aromatic heterocycles. The van der Waals surface area contributed by atoms with E-state index in [0.717, 1.165) is 105 Å². The van der Waals surface area contributed by atoms with Crippen LogP contribution >= 0.6 is 0 Å². The highest BCUT2D eigenvalue weighted by molar-refractivity contribution is 6.32. The third-order valence-corrected chi connectivity index (χ3v) is 11.4. The number of furan rings is 1. The monoisotopic (exact) mass is 728 g/mol. The van der Waals surface area contributed by atoms with E-state index in [1.165, 1.54) is 5.56 Å². The van der Waals surface area contributed by atoms with Crippen LogP contribution in [0.2, 0.25) is 0 Å². The molecule has 0 atom stereocenters. The zero-order valence-electron chi connectivity index (χ0n) is 30.7. The molecule has 5 nitrogen and oxygen atoms in total. The van der Waals surface area contributed by atoms with Crippen LogP contribution in [0.5, 0.6) is 0 Å². The van der Waals surface area contributed by atoms with Gasteiger partial charge in [-0.15, -0.1) is 0 Å². The van der Waals surface area contributed by atoms with Crippen LogP contribution in [0.4, 0.5) is 0 Å². The van der Waals surface area contributed by atoms with Crippen molar-refractivity contribution in [3.8, 4) is 45.0 Å². The van der Waals surface area contributed by atoms with Gasteiger partial charge in [0.15, 0.2) is 0 Å². The van der Waals surface area contributed by atoms with Gasteiger partial charge in [0.2, 0.25) is 0 Å². The number of hydrogen-bond acceptors (Lipinski definition) is 3. The fourth-order valence-corrected chi connectivity index (χ4v) is 8.99. The SMILES string of the molecule is c1ccc(-c2cccc(-n3c4ccccc4c4c5oc6c(cc(-c7ccccn7)c7c6c6ccccc6n7-c6ccccc6)c5cc(-c5ccccn5)c43)c2)cc1. The Kier molecular flexibility index (Phi) is 6.86. The van der Waals surface area contributed by atoms with Crippen molar-refractivity contribution >= 4 is 65.6 Å².